The van der Waals surface area contributed by atoms with Crippen molar-refractivity contribution >= 4 is 50.8 Å². The van der Waals surface area contributed by atoms with E-state index in [-0.39, 0.29) is 23.0 Å². The van der Waals surface area contributed by atoms with Gasteiger partial charge in [-0.3, -0.25) is 19.8 Å². The van der Waals surface area contributed by atoms with E-state index in [1.165, 1.54) is 11.1 Å². The minimum atomic E-state index is -0.363. The van der Waals surface area contributed by atoms with Crippen molar-refractivity contribution in [3.8, 4) is 5.75 Å². The van der Waals surface area contributed by atoms with E-state index in [9.17, 15) is 9.59 Å². The first-order valence-electron chi connectivity index (χ1n) is 15.6. The van der Waals surface area contributed by atoms with E-state index in [2.05, 4.69) is 93.8 Å². The number of thiocarbonyl (C=S) groups is 1. The minimum absolute atomic E-state index is 0.0789. The van der Waals surface area contributed by atoms with Crippen LogP contribution in [0.3, 0.4) is 0 Å². The number of rotatable bonds is 10. The normalized spacial score (nSPS) is 13.5. The molecule has 0 aromatic heterocycles. The third-order valence-corrected chi connectivity index (χ3v) is 8.80. The molecule has 0 atom stereocenters. The molecule has 7 nitrogen and oxygen atoms in total. The number of hydrogen-bond acceptors (Lipinski definition) is 5. The summed E-state index contributed by atoms with van der Waals surface area (Å²) in [6.45, 7) is 7.56. The zero-order valence-electron chi connectivity index (χ0n) is 26.1. The molecule has 0 unspecified atom stereocenters. The number of halogens is 1. The van der Waals surface area contributed by atoms with Crippen LogP contribution >= 0.6 is 28.1 Å². The van der Waals surface area contributed by atoms with Crippen LogP contribution in [0.15, 0.2) is 108 Å². The number of amides is 2. The molecule has 4 aromatic carbocycles. The van der Waals surface area contributed by atoms with Gasteiger partial charge in [0.25, 0.3) is 11.8 Å². The third-order valence-electron chi connectivity index (χ3n) is 7.98. The first-order valence-corrected chi connectivity index (χ1v) is 16.8. The van der Waals surface area contributed by atoms with Gasteiger partial charge < -0.3 is 15.0 Å². The molecule has 1 heterocycles. The Hall–Kier alpha value is -4.05. The molecular formula is C37H39BrN4O3S. The van der Waals surface area contributed by atoms with Crippen LogP contribution < -0.4 is 15.4 Å². The monoisotopic (exact) mass is 698 g/mol. The highest BCUT2D eigenvalue weighted by Crippen LogP contribution is 2.30. The Morgan fingerprint density at radius 2 is 1.46 bits per heavy atom. The van der Waals surface area contributed by atoms with E-state index >= 15 is 0 Å². The summed E-state index contributed by atoms with van der Waals surface area (Å²) >= 11 is 8.98. The first kappa shape index (κ1) is 33.3. The summed E-state index contributed by atoms with van der Waals surface area (Å²) in [4.78, 5) is 31.1. The fraction of sp³-hybridized carbons (Fsp3) is 0.270. The number of nitrogens with one attached hydrogen (secondary N) is 2. The summed E-state index contributed by atoms with van der Waals surface area (Å²) in [6.07, 6.45) is 0.942. The Balaban J connectivity index is 1.20. The SMILES string of the molecule is CC(C)CCOc1ccc(C(=O)NC(=S)Nc2ccccc2C(=O)N2CCN(C(c3ccccc3)c3ccccc3)CC2)cc1Br. The highest BCUT2D eigenvalue weighted by molar-refractivity contribution is 9.10. The summed E-state index contributed by atoms with van der Waals surface area (Å²) in [7, 11) is 0. The number of carbonyl (C=O) groups excluding carboxylic acids is 2. The van der Waals surface area contributed by atoms with Crippen molar-refractivity contribution in [2.24, 2.45) is 5.92 Å². The number of hydrogen-bond donors (Lipinski definition) is 2. The van der Waals surface area contributed by atoms with Gasteiger partial charge in [0, 0.05) is 31.7 Å². The van der Waals surface area contributed by atoms with Gasteiger partial charge in [0.2, 0.25) is 0 Å². The van der Waals surface area contributed by atoms with Crippen LogP contribution in [-0.2, 0) is 0 Å². The molecule has 1 aliphatic heterocycles. The van der Waals surface area contributed by atoms with Crippen LogP contribution in [0.1, 0.15) is 58.2 Å². The van der Waals surface area contributed by atoms with Crippen molar-refractivity contribution in [1.29, 1.82) is 0 Å². The molecule has 2 N–H and O–H groups in total. The average Bonchev–Trinajstić information content (AvgIpc) is 3.06. The van der Waals surface area contributed by atoms with Gasteiger partial charge in [-0.15, -0.1) is 0 Å². The highest BCUT2D eigenvalue weighted by atomic mass is 79.9. The maximum atomic E-state index is 13.8. The molecule has 0 bridgehead atoms. The Morgan fingerprint density at radius 1 is 0.848 bits per heavy atom. The lowest BCUT2D eigenvalue weighted by molar-refractivity contribution is 0.0598. The van der Waals surface area contributed by atoms with Crippen LogP contribution in [0, 0.1) is 5.92 Å². The van der Waals surface area contributed by atoms with Crippen molar-refractivity contribution in [3.05, 3.63) is 130 Å². The zero-order chi connectivity index (χ0) is 32.5. The molecule has 1 fully saturated rings. The molecule has 0 aliphatic carbocycles. The van der Waals surface area contributed by atoms with E-state index in [0.717, 1.165) is 19.5 Å². The number of nitrogens with zero attached hydrogens (tertiary/aromatic N) is 2. The third kappa shape index (κ3) is 8.60. The first-order chi connectivity index (χ1) is 22.3. The van der Waals surface area contributed by atoms with Crippen molar-refractivity contribution in [1.82, 2.24) is 15.1 Å². The van der Waals surface area contributed by atoms with Crippen LogP contribution in [0.5, 0.6) is 5.75 Å². The Bertz CT molecular complexity index is 1600. The quantitative estimate of drug-likeness (QED) is 0.167. The molecule has 1 saturated heterocycles. The van der Waals surface area contributed by atoms with E-state index < -0.39 is 0 Å². The molecule has 9 heteroatoms. The van der Waals surface area contributed by atoms with Gasteiger partial charge in [-0.2, -0.15) is 0 Å². The lowest BCUT2D eigenvalue weighted by Gasteiger charge is -2.40. The Kier molecular flexibility index (Phi) is 11.6. The van der Waals surface area contributed by atoms with E-state index in [1.807, 2.05) is 29.2 Å². The topological polar surface area (TPSA) is 73.9 Å². The predicted octanol–water partition coefficient (Wildman–Crippen LogP) is 7.55. The lowest BCUT2D eigenvalue weighted by Crippen LogP contribution is -2.50. The van der Waals surface area contributed by atoms with Gasteiger partial charge in [-0.1, -0.05) is 86.6 Å². The largest absolute Gasteiger partial charge is 0.492 e. The minimum Gasteiger partial charge on any atom is -0.492 e. The van der Waals surface area contributed by atoms with Crippen molar-refractivity contribution in [3.63, 3.8) is 0 Å². The maximum Gasteiger partial charge on any atom is 0.257 e. The molecule has 238 valence electrons. The standard InChI is InChI=1S/C37H39BrN4O3S/c1-26(2)19-24-45-33-18-17-29(25-31(33)38)35(43)40-37(46)39-32-16-10-9-15-30(32)36(44)42-22-20-41(21-23-42)34(27-11-5-3-6-12-27)28-13-7-4-8-14-28/h3-18,25-26,34H,19-24H2,1-2H3,(H2,39,40,43,46). The van der Waals surface area contributed by atoms with Gasteiger partial charge in [0.15, 0.2) is 5.11 Å². The number of piperazine rings is 1. The van der Waals surface area contributed by atoms with Crippen molar-refractivity contribution < 1.29 is 14.3 Å². The summed E-state index contributed by atoms with van der Waals surface area (Å²) in [6, 6.07) is 33.5. The van der Waals surface area contributed by atoms with Crippen molar-refractivity contribution in [2.75, 3.05) is 38.1 Å². The number of ether oxygens (including phenoxy) is 1. The zero-order valence-corrected chi connectivity index (χ0v) is 28.5. The molecule has 0 saturated carbocycles. The number of carbonyl (C=O) groups is 2. The van der Waals surface area contributed by atoms with Gasteiger partial charge >= 0.3 is 0 Å². The summed E-state index contributed by atoms with van der Waals surface area (Å²) in [5.74, 6) is 0.783. The number of benzene rings is 4. The molecular weight excluding hydrogens is 660 g/mol. The molecule has 0 radical (unpaired) electrons. The number of para-hydroxylation sites is 1. The predicted molar refractivity (Wildman–Crippen MR) is 191 cm³/mol. The Morgan fingerprint density at radius 3 is 2.07 bits per heavy atom. The summed E-state index contributed by atoms with van der Waals surface area (Å²) < 4.78 is 6.52. The van der Waals surface area contributed by atoms with Gasteiger partial charge in [-0.05, 0) is 81.9 Å². The number of anilines is 1. The van der Waals surface area contributed by atoms with Gasteiger partial charge in [-0.25, -0.2) is 0 Å². The molecule has 46 heavy (non-hydrogen) atoms. The smallest absolute Gasteiger partial charge is 0.257 e. The summed E-state index contributed by atoms with van der Waals surface area (Å²) in [5.41, 5.74) is 3.94. The van der Waals surface area contributed by atoms with Crippen LogP contribution in [0.2, 0.25) is 0 Å². The summed E-state index contributed by atoms with van der Waals surface area (Å²) in [5, 5.41) is 5.91. The fourth-order valence-electron chi connectivity index (χ4n) is 5.51. The van der Waals surface area contributed by atoms with Crippen LogP contribution in [0.4, 0.5) is 5.69 Å². The van der Waals surface area contributed by atoms with Crippen LogP contribution in [0.25, 0.3) is 0 Å². The van der Waals surface area contributed by atoms with E-state index in [4.69, 9.17) is 17.0 Å². The maximum absolute atomic E-state index is 13.8. The second-order valence-electron chi connectivity index (χ2n) is 11.7. The lowest BCUT2D eigenvalue weighted by atomic mass is 9.96. The molecule has 4 aromatic rings. The Labute approximate surface area is 285 Å². The van der Waals surface area contributed by atoms with Crippen molar-refractivity contribution in [2.45, 2.75) is 26.3 Å². The van der Waals surface area contributed by atoms with Gasteiger partial charge in [0.1, 0.15) is 5.75 Å². The second kappa shape index (κ2) is 16.0. The van der Waals surface area contributed by atoms with E-state index in [0.29, 0.717) is 52.7 Å². The van der Waals surface area contributed by atoms with E-state index in [1.54, 1.807) is 30.3 Å². The molecule has 5 rings (SSSR count). The van der Waals surface area contributed by atoms with Crippen LogP contribution in [-0.4, -0.2) is 59.5 Å². The fourth-order valence-corrected chi connectivity index (χ4v) is 6.21. The average molecular weight is 700 g/mol. The molecule has 0 spiro atoms. The van der Waals surface area contributed by atoms with Gasteiger partial charge in [0.05, 0.1) is 28.4 Å². The molecule has 2 amide bonds. The second-order valence-corrected chi connectivity index (χ2v) is 12.9. The molecule has 1 aliphatic rings. The highest BCUT2D eigenvalue weighted by Gasteiger charge is 2.29.